The van der Waals surface area contributed by atoms with Gasteiger partial charge in [-0.1, -0.05) is 30.3 Å². The van der Waals surface area contributed by atoms with Gasteiger partial charge < -0.3 is 19.3 Å². The first-order valence-electron chi connectivity index (χ1n) is 8.28. The molecule has 5 heteroatoms. The summed E-state index contributed by atoms with van der Waals surface area (Å²) >= 11 is 0. The summed E-state index contributed by atoms with van der Waals surface area (Å²) in [7, 11) is 0. The van der Waals surface area contributed by atoms with Crippen molar-refractivity contribution in [1.82, 2.24) is 4.90 Å². The topological polar surface area (TPSA) is 51.2 Å². The van der Waals surface area contributed by atoms with Crippen molar-refractivity contribution in [2.75, 3.05) is 39.6 Å². The van der Waals surface area contributed by atoms with Crippen LogP contribution in [-0.4, -0.2) is 49.6 Å². The average molecular weight is 327 g/mol. The highest BCUT2D eigenvalue weighted by Gasteiger charge is 2.17. The molecular weight excluding hydrogens is 306 g/mol. The zero-order chi connectivity index (χ0) is 16.4. The van der Waals surface area contributed by atoms with E-state index in [1.54, 1.807) is 0 Å². The number of fused-ring (bicyclic) bond motifs is 1. The molecule has 1 N–H and O–H groups in total. The monoisotopic (exact) mass is 327 g/mol. The van der Waals surface area contributed by atoms with Gasteiger partial charge in [0.05, 0.1) is 19.3 Å². The first kappa shape index (κ1) is 15.4. The Morgan fingerprint density at radius 2 is 1.62 bits per heavy atom. The Hall–Kier alpha value is -2.08. The summed E-state index contributed by atoms with van der Waals surface area (Å²) in [6, 6.07) is 14.0. The second-order valence-electron chi connectivity index (χ2n) is 6.12. The van der Waals surface area contributed by atoms with Crippen LogP contribution in [0.15, 0.2) is 42.5 Å². The number of benzene rings is 2. The van der Waals surface area contributed by atoms with Crippen LogP contribution in [0.2, 0.25) is 0 Å². The fraction of sp³-hybridized carbons (Fsp3) is 0.368. The molecular formula is C19H21NO4. The number of β-amino-alcohol motifs (C(OH)–C–C–N with tert-alkyl or cyclic N) is 1. The van der Waals surface area contributed by atoms with Crippen LogP contribution in [0.4, 0.5) is 0 Å². The molecule has 1 atom stereocenters. The maximum Gasteiger partial charge on any atom is 0.231 e. The van der Waals surface area contributed by atoms with Gasteiger partial charge in [-0.15, -0.1) is 0 Å². The van der Waals surface area contributed by atoms with Crippen molar-refractivity contribution in [1.29, 1.82) is 0 Å². The molecule has 0 aliphatic carbocycles. The Morgan fingerprint density at radius 1 is 0.917 bits per heavy atom. The van der Waals surface area contributed by atoms with Crippen LogP contribution in [0.3, 0.4) is 0 Å². The standard InChI is InChI=1S/C19H21NO4/c21-17(12-20-7-9-22-10-8-20)15-3-1-14(2-4-15)16-5-6-18-19(11-16)24-13-23-18/h1-6,11,17,21H,7-10,12-13H2/t17-/m0/s1. The molecule has 0 unspecified atom stereocenters. The lowest BCUT2D eigenvalue weighted by molar-refractivity contribution is 0.0143. The molecule has 2 aromatic rings. The third kappa shape index (κ3) is 3.24. The highest BCUT2D eigenvalue weighted by atomic mass is 16.7. The lowest BCUT2D eigenvalue weighted by Gasteiger charge is -2.28. The normalized spacial score (nSPS) is 18.5. The van der Waals surface area contributed by atoms with E-state index < -0.39 is 6.10 Å². The quantitative estimate of drug-likeness (QED) is 0.935. The van der Waals surface area contributed by atoms with E-state index in [2.05, 4.69) is 4.90 Å². The van der Waals surface area contributed by atoms with Gasteiger partial charge in [0.15, 0.2) is 11.5 Å². The number of rotatable bonds is 4. The lowest BCUT2D eigenvalue weighted by atomic mass is 10.0. The highest BCUT2D eigenvalue weighted by Crippen LogP contribution is 2.36. The fourth-order valence-electron chi connectivity index (χ4n) is 3.11. The molecule has 0 amide bonds. The third-order valence-corrected chi connectivity index (χ3v) is 4.54. The number of nitrogens with zero attached hydrogens (tertiary/aromatic N) is 1. The van der Waals surface area contributed by atoms with E-state index in [1.807, 2.05) is 42.5 Å². The predicted octanol–water partition coefficient (Wildman–Crippen LogP) is 2.45. The van der Waals surface area contributed by atoms with Crippen LogP contribution >= 0.6 is 0 Å². The summed E-state index contributed by atoms with van der Waals surface area (Å²) in [6.07, 6.45) is -0.478. The van der Waals surface area contributed by atoms with Gasteiger partial charge >= 0.3 is 0 Å². The summed E-state index contributed by atoms with van der Waals surface area (Å²) < 4.78 is 16.1. The number of hydrogen-bond donors (Lipinski definition) is 1. The van der Waals surface area contributed by atoms with E-state index in [0.29, 0.717) is 6.54 Å². The Kier molecular flexibility index (Phi) is 4.38. The van der Waals surface area contributed by atoms with Crippen molar-refractivity contribution in [2.45, 2.75) is 6.10 Å². The number of aliphatic hydroxyl groups excluding tert-OH is 1. The fourth-order valence-corrected chi connectivity index (χ4v) is 3.11. The SMILES string of the molecule is O[C@@H](CN1CCOCC1)c1ccc(-c2ccc3c(c2)OCO3)cc1. The molecule has 0 aromatic heterocycles. The molecule has 126 valence electrons. The molecule has 1 fully saturated rings. The van der Waals surface area contributed by atoms with Gasteiger partial charge in [-0.2, -0.15) is 0 Å². The van der Waals surface area contributed by atoms with Crippen LogP contribution in [0.25, 0.3) is 11.1 Å². The number of aliphatic hydroxyl groups is 1. The van der Waals surface area contributed by atoms with Crippen LogP contribution in [-0.2, 0) is 4.74 Å². The molecule has 2 heterocycles. The van der Waals surface area contributed by atoms with Crippen molar-refractivity contribution in [3.8, 4) is 22.6 Å². The van der Waals surface area contributed by atoms with Gasteiger partial charge in [-0.05, 0) is 28.8 Å². The molecule has 0 radical (unpaired) electrons. The van der Waals surface area contributed by atoms with Crippen molar-refractivity contribution in [3.05, 3.63) is 48.0 Å². The molecule has 2 aliphatic heterocycles. The zero-order valence-electron chi connectivity index (χ0n) is 13.5. The maximum atomic E-state index is 10.4. The minimum absolute atomic E-state index is 0.283. The van der Waals surface area contributed by atoms with Gasteiger partial charge in [-0.3, -0.25) is 4.90 Å². The Bertz CT molecular complexity index is 695. The third-order valence-electron chi connectivity index (χ3n) is 4.54. The van der Waals surface area contributed by atoms with E-state index in [1.165, 1.54) is 0 Å². The first-order valence-corrected chi connectivity index (χ1v) is 8.28. The van der Waals surface area contributed by atoms with Gasteiger partial charge in [0.2, 0.25) is 6.79 Å². The Morgan fingerprint density at radius 3 is 2.42 bits per heavy atom. The second-order valence-corrected chi connectivity index (χ2v) is 6.12. The Labute approximate surface area is 141 Å². The van der Waals surface area contributed by atoms with Crippen LogP contribution in [0.5, 0.6) is 11.5 Å². The molecule has 2 aliphatic rings. The molecule has 2 aromatic carbocycles. The number of ether oxygens (including phenoxy) is 3. The molecule has 5 nitrogen and oxygen atoms in total. The number of morpholine rings is 1. The highest BCUT2D eigenvalue weighted by molar-refractivity contribution is 5.67. The largest absolute Gasteiger partial charge is 0.454 e. The van der Waals surface area contributed by atoms with E-state index in [-0.39, 0.29) is 6.79 Å². The lowest BCUT2D eigenvalue weighted by Crippen LogP contribution is -2.38. The van der Waals surface area contributed by atoms with Crippen molar-refractivity contribution in [3.63, 3.8) is 0 Å². The molecule has 0 spiro atoms. The molecule has 1 saturated heterocycles. The van der Waals surface area contributed by atoms with Crippen LogP contribution in [0.1, 0.15) is 11.7 Å². The summed E-state index contributed by atoms with van der Waals surface area (Å²) in [5, 5.41) is 10.4. The van der Waals surface area contributed by atoms with Gasteiger partial charge in [0.1, 0.15) is 0 Å². The molecule has 24 heavy (non-hydrogen) atoms. The van der Waals surface area contributed by atoms with E-state index >= 15 is 0 Å². The summed E-state index contributed by atoms with van der Waals surface area (Å²) in [4.78, 5) is 2.24. The molecule has 0 saturated carbocycles. The Balaban J connectivity index is 1.46. The van der Waals surface area contributed by atoms with Gasteiger partial charge in [-0.25, -0.2) is 0 Å². The number of hydrogen-bond acceptors (Lipinski definition) is 5. The van der Waals surface area contributed by atoms with E-state index in [0.717, 1.165) is 54.5 Å². The van der Waals surface area contributed by atoms with Crippen molar-refractivity contribution < 1.29 is 19.3 Å². The zero-order valence-corrected chi connectivity index (χ0v) is 13.5. The van der Waals surface area contributed by atoms with E-state index in [4.69, 9.17) is 14.2 Å². The first-order chi connectivity index (χ1) is 11.8. The maximum absolute atomic E-state index is 10.4. The minimum atomic E-state index is -0.478. The summed E-state index contributed by atoms with van der Waals surface area (Å²) in [5.41, 5.74) is 3.11. The van der Waals surface area contributed by atoms with Gasteiger partial charge in [0, 0.05) is 19.6 Å². The summed E-state index contributed by atoms with van der Waals surface area (Å²) in [6.45, 7) is 4.18. The summed E-state index contributed by atoms with van der Waals surface area (Å²) in [5.74, 6) is 1.57. The van der Waals surface area contributed by atoms with Crippen LogP contribution in [0, 0.1) is 0 Å². The van der Waals surface area contributed by atoms with Crippen molar-refractivity contribution in [2.24, 2.45) is 0 Å². The minimum Gasteiger partial charge on any atom is -0.454 e. The van der Waals surface area contributed by atoms with E-state index in [9.17, 15) is 5.11 Å². The molecule has 4 rings (SSSR count). The smallest absolute Gasteiger partial charge is 0.231 e. The average Bonchev–Trinajstić information content (AvgIpc) is 3.10. The van der Waals surface area contributed by atoms with Gasteiger partial charge in [0.25, 0.3) is 0 Å². The predicted molar refractivity (Wildman–Crippen MR) is 90.2 cm³/mol. The van der Waals surface area contributed by atoms with Crippen molar-refractivity contribution >= 4 is 0 Å². The molecule has 0 bridgehead atoms. The van der Waals surface area contributed by atoms with Crippen LogP contribution < -0.4 is 9.47 Å². The second kappa shape index (κ2) is 6.81.